The number of hydrogen-bond acceptors (Lipinski definition) is 5. The standard InChI is InChI=1S/C11H19N3OS/c1-3-9-10(6-12)16-11(13-9)14-4-5-15-8(2)7-14/h8H,3-7,12H2,1-2H3. The van der Waals surface area contributed by atoms with Crippen LogP contribution in [0, 0.1) is 0 Å². The van der Waals surface area contributed by atoms with Crippen molar-refractivity contribution in [2.75, 3.05) is 24.6 Å². The molecule has 0 bridgehead atoms. The van der Waals surface area contributed by atoms with Crippen LogP contribution in [0.3, 0.4) is 0 Å². The minimum atomic E-state index is 0.295. The van der Waals surface area contributed by atoms with Gasteiger partial charge in [0.15, 0.2) is 5.13 Å². The topological polar surface area (TPSA) is 51.4 Å². The van der Waals surface area contributed by atoms with E-state index in [1.807, 2.05) is 0 Å². The van der Waals surface area contributed by atoms with Crippen LogP contribution in [0.1, 0.15) is 24.4 Å². The maximum absolute atomic E-state index is 5.72. The van der Waals surface area contributed by atoms with Crippen LogP contribution in [0.25, 0.3) is 0 Å². The van der Waals surface area contributed by atoms with Gasteiger partial charge in [0.1, 0.15) is 0 Å². The fourth-order valence-corrected chi connectivity index (χ4v) is 3.00. The molecular weight excluding hydrogens is 222 g/mol. The van der Waals surface area contributed by atoms with Crippen LogP contribution in [0.15, 0.2) is 0 Å². The molecule has 2 rings (SSSR count). The van der Waals surface area contributed by atoms with Crippen molar-refractivity contribution in [1.82, 2.24) is 4.98 Å². The summed E-state index contributed by atoms with van der Waals surface area (Å²) in [6.07, 6.45) is 1.26. The van der Waals surface area contributed by atoms with Crippen LogP contribution < -0.4 is 10.6 Å². The number of aryl methyl sites for hydroxylation is 1. The lowest BCUT2D eigenvalue weighted by atomic mass is 10.3. The van der Waals surface area contributed by atoms with Gasteiger partial charge in [-0.25, -0.2) is 4.98 Å². The van der Waals surface area contributed by atoms with E-state index < -0.39 is 0 Å². The SMILES string of the molecule is CCc1nc(N2CCOC(C)C2)sc1CN. The lowest BCUT2D eigenvalue weighted by molar-refractivity contribution is 0.0532. The molecule has 2 heterocycles. The van der Waals surface area contributed by atoms with Crippen molar-refractivity contribution in [3.8, 4) is 0 Å². The van der Waals surface area contributed by atoms with Crippen LogP contribution in [0.2, 0.25) is 0 Å². The molecular formula is C11H19N3OS. The molecule has 90 valence electrons. The molecule has 1 aromatic rings. The predicted molar refractivity (Wildman–Crippen MR) is 67.0 cm³/mol. The average Bonchev–Trinajstić information content (AvgIpc) is 2.72. The number of anilines is 1. The highest BCUT2D eigenvalue weighted by molar-refractivity contribution is 7.15. The average molecular weight is 241 g/mol. The molecule has 0 saturated carbocycles. The molecule has 0 spiro atoms. The van der Waals surface area contributed by atoms with Crippen LogP contribution in [0.5, 0.6) is 0 Å². The highest BCUT2D eigenvalue weighted by Crippen LogP contribution is 2.27. The molecule has 1 atom stereocenters. The first kappa shape index (κ1) is 11.8. The van der Waals surface area contributed by atoms with Crippen LogP contribution >= 0.6 is 11.3 Å². The fraction of sp³-hybridized carbons (Fsp3) is 0.727. The van der Waals surface area contributed by atoms with Crippen molar-refractivity contribution in [2.45, 2.75) is 32.9 Å². The van der Waals surface area contributed by atoms with Gasteiger partial charge in [0, 0.05) is 24.5 Å². The summed E-state index contributed by atoms with van der Waals surface area (Å²) in [7, 11) is 0. The number of ether oxygens (including phenoxy) is 1. The minimum Gasteiger partial charge on any atom is -0.375 e. The molecule has 1 aliphatic rings. The fourth-order valence-electron chi connectivity index (χ4n) is 1.93. The molecule has 0 aromatic carbocycles. The quantitative estimate of drug-likeness (QED) is 0.869. The molecule has 0 aliphatic carbocycles. The molecule has 0 radical (unpaired) electrons. The summed E-state index contributed by atoms with van der Waals surface area (Å²) in [5, 5.41) is 1.10. The number of aromatic nitrogens is 1. The van der Waals surface area contributed by atoms with E-state index in [-0.39, 0.29) is 0 Å². The minimum absolute atomic E-state index is 0.295. The third kappa shape index (κ3) is 2.36. The second-order valence-electron chi connectivity index (χ2n) is 4.05. The van der Waals surface area contributed by atoms with Gasteiger partial charge in [-0.1, -0.05) is 6.92 Å². The van der Waals surface area contributed by atoms with Gasteiger partial charge in [0.05, 0.1) is 18.4 Å². The summed E-state index contributed by atoms with van der Waals surface area (Å²) in [4.78, 5) is 8.19. The Morgan fingerprint density at radius 3 is 3.00 bits per heavy atom. The largest absolute Gasteiger partial charge is 0.375 e. The normalized spacial score (nSPS) is 21.4. The van der Waals surface area contributed by atoms with Gasteiger partial charge >= 0.3 is 0 Å². The zero-order chi connectivity index (χ0) is 11.5. The molecule has 1 fully saturated rings. The highest BCUT2D eigenvalue weighted by atomic mass is 32.1. The molecule has 4 nitrogen and oxygen atoms in total. The van der Waals surface area contributed by atoms with E-state index in [2.05, 4.69) is 23.7 Å². The first-order valence-electron chi connectivity index (χ1n) is 5.79. The second-order valence-corrected chi connectivity index (χ2v) is 5.11. The van der Waals surface area contributed by atoms with Crippen LogP contribution in [-0.2, 0) is 17.7 Å². The molecule has 16 heavy (non-hydrogen) atoms. The van der Waals surface area contributed by atoms with E-state index in [4.69, 9.17) is 10.5 Å². The van der Waals surface area contributed by atoms with E-state index in [1.165, 1.54) is 4.88 Å². The summed E-state index contributed by atoms with van der Waals surface area (Å²) >= 11 is 1.73. The molecule has 0 amide bonds. The van der Waals surface area contributed by atoms with Crippen LogP contribution in [-0.4, -0.2) is 30.8 Å². The Bertz CT molecular complexity index is 331. The van der Waals surface area contributed by atoms with Gasteiger partial charge < -0.3 is 15.4 Å². The third-order valence-electron chi connectivity index (χ3n) is 2.80. The lowest BCUT2D eigenvalue weighted by Gasteiger charge is -2.30. The van der Waals surface area contributed by atoms with Gasteiger partial charge in [-0.05, 0) is 13.3 Å². The molecule has 1 aliphatic heterocycles. The van der Waals surface area contributed by atoms with Crippen LogP contribution in [0.4, 0.5) is 5.13 Å². The number of rotatable bonds is 3. The summed E-state index contributed by atoms with van der Waals surface area (Å²) in [6, 6.07) is 0. The number of nitrogens with zero attached hydrogens (tertiary/aromatic N) is 2. The predicted octanol–water partition coefficient (Wildman–Crippen LogP) is 1.39. The van der Waals surface area contributed by atoms with Gasteiger partial charge in [0.25, 0.3) is 0 Å². The molecule has 5 heteroatoms. The second kappa shape index (κ2) is 5.12. The van der Waals surface area contributed by atoms with Crippen molar-refractivity contribution in [3.63, 3.8) is 0 Å². The van der Waals surface area contributed by atoms with E-state index in [9.17, 15) is 0 Å². The maximum atomic E-state index is 5.72. The van der Waals surface area contributed by atoms with Gasteiger partial charge in [-0.2, -0.15) is 0 Å². The van der Waals surface area contributed by atoms with Crippen molar-refractivity contribution in [2.24, 2.45) is 5.73 Å². The van der Waals surface area contributed by atoms with Crippen molar-refractivity contribution in [3.05, 3.63) is 10.6 Å². The molecule has 2 N–H and O–H groups in total. The molecule has 1 aromatic heterocycles. The van der Waals surface area contributed by atoms with Crippen molar-refractivity contribution >= 4 is 16.5 Å². The Morgan fingerprint density at radius 2 is 2.44 bits per heavy atom. The number of nitrogens with two attached hydrogens (primary N) is 1. The number of morpholine rings is 1. The first-order valence-corrected chi connectivity index (χ1v) is 6.61. The summed E-state index contributed by atoms with van der Waals surface area (Å²) in [6.45, 7) is 7.48. The zero-order valence-corrected chi connectivity index (χ0v) is 10.7. The Balaban J connectivity index is 2.16. The van der Waals surface area contributed by atoms with E-state index in [0.29, 0.717) is 12.6 Å². The monoisotopic (exact) mass is 241 g/mol. The van der Waals surface area contributed by atoms with Crippen molar-refractivity contribution in [1.29, 1.82) is 0 Å². The lowest BCUT2D eigenvalue weighted by Crippen LogP contribution is -2.41. The smallest absolute Gasteiger partial charge is 0.185 e. The Labute approximate surface area is 100 Å². The summed E-state index contributed by atoms with van der Waals surface area (Å²) < 4.78 is 5.53. The third-order valence-corrected chi connectivity index (χ3v) is 3.98. The van der Waals surface area contributed by atoms with Gasteiger partial charge in [-0.3, -0.25) is 0 Å². The van der Waals surface area contributed by atoms with E-state index in [0.717, 1.165) is 36.9 Å². The Hall–Kier alpha value is -0.650. The molecule has 1 unspecified atom stereocenters. The summed E-state index contributed by atoms with van der Waals surface area (Å²) in [5.74, 6) is 0. The number of thiazole rings is 1. The summed E-state index contributed by atoms with van der Waals surface area (Å²) in [5.41, 5.74) is 6.88. The van der Waals surface area contributed by atoms with E-state index >= 15 is 0 Å². The van der Waals surface area contributed by atoms with Gasteiger partial charge in [-0.15, -0.1) is 11.3 Å². The first-order chi connectivity index (χ1) is 7.74. The Morgan fingerprint density at radius 1 is 1.62 bits per heavy atom. The maximum Gasteiger partial charge on any atom is 0.185 e. The zero-order valence-electron chi connectivity index (χ0n) is 9.90. The van der Waals surface area contributed by atoms with Crippen molar-refractivity contribution < 1.29 is 4.74 Å². The highest BCUT2D eigenvalue weighted by Gasteiger charge is 2.20. The van der Waals surface area contributed by atoms with Gasteiger partial charge in [0.2, 0.25) is 0 Å². The number of hydrogen-bond donors (Lipinski definition) is 1. The van der Waals surface area contributed by atoms with E-state index in [1.54, 1.807) is 11.3 Å². The Kier molecular flexibility index (Phi) is 3.78. The molecule has 1 saturated heterocycles.